The van der Waals surface area contributed by atoms with Gasteiger partial charge in [-0.15, -0.1) is 10.2 Å². The monoisotopic (exact) mass is 758 g/mol. The molecule has 0 amide bonds. The first kappa shape index (κ1) is 35.4. The van der Waals surface area contributed by atoms with Crippen molar-refractivity contribution in [3.8, 4) is 0 Å². The molecule has 0 saturated carbocycles. The second-order valence-electron chi connectivity index (χ2n) is 7.56. The molecule has 0 fully saturated rings. The van der Waals surface area contributed by atoms with E-state index in [4.69, 9.17) is 30.6 Å². The molecule has 0 aliphatic heterocycles. The Kier molecular flexibility index (Phi) is 15.8. The molecule has 6 rings (SSSR count). The number of benzene rings is 2. The first-order valence-electron chi connectivity index (χ1n) is 11.3. The predicted octanol–water partition coefficient (Wildman–Crippen LogP) is 3.27. The van der Waals surface area contributed by atoms with E-state index in [1.54, 1.807) is 12.4 Å². The zero-order valence-electron chi connectivity index (χ0n) is 21.2. The van der Waals surface area contributed by atoms with Crippen LogP contribution in [-0.4, -0.2) is 50.1 Å². The van der Waals surface area contributed by atoms with E-state index in [0.29, 0.717) is 13.1 Å². The fourth-order valence-corrected chi connectivity index (χ4v) is 3.36. The maximum Gasteiger partial charge on any atom is 1.00 e. The van der Waals surface area contributed by atoms with Crippen LogP contribution in [0.15, 0.2) is 97.3 Å². The van der Waals surface area contributed by atoms with E-state index < -0.39 is 10.2 Å². The Morgan fingerprint density at radius 3 is 1.21 bits per heavy atom. The molecule has 6 aromatic rings. The van der Waals surface area contributed by atoms with Gasteiger partial charge < -0.3 is 30.6 Å². The predicted molar refractivity (Wildman–Crippen MR) is 142 cm³/mol. The SMILES string of the molecule is O=[N+]([O-])[O-].O=[N+]([O-])[O-].[Ag+].[Ag+].c1ccc(Cn2nnc3ccccc32)nc1.c1ccc(Cn2nnc3ccccc32)nc1. The molecule has 0 atom stereocenters. The van der Waals surface area contributed by atoms with Gasteiger partial charge in [-0.3, -0.25) is 9.97 Å². The fourth-order valence-electron chi connectivity index (χ4n) is 3.36. The third-order valence-electron chi connectivity index (χ3n) is 4.92. The maximum atomic E-state index is 8.25. The van der Waals surface area contributed by atoms with Gasteiger partial charge in [0.2, 0.25) is 0 Å². The van der Waals surface area contributed by atoms with Crippen LogP contribution in [0.4, 0.5) is 0 Å². The summed E-state index contributed by atoms with van der Waals surface area (Å²) in [5, 5.41) is 45.9. The molecule has 0 spiro atoms. The standard InChI is InChI=1S/2C12H10N4.2Ag.2NO3/c2*1-2-7-12-11(6-1)14-15-16(12)9-10-5-3-4-8-13-10;;;2*2-1(3)4/h2*1-8H,9H2;;;;/q;;2*+1;2*-1. The van der Waals surface area contributed by atoms with Crippen LogP contribution in [0.3, 0.4) is 0 Å². The second-order valence-corrected chi connectivity index (χ2v) is 7.56. The van der Waals surface area contributed by atoms with E-state index >= 15 is 0 Å². The molecular formula is C24H20Ag2N10O6. The molecule has 0 aliphatic rings. The molecule has 16 nitrogen and oxygen atoms in total. The molecule has 4 heterocycles. The van der Waals surface area contributed by atoms with Gasteiger partial charge in [0.1, 0.15) is 11.0 Å². The number of hydrogen-bond acceptors (Lipinski definition) is 12. The molecule has 42 heavy (non-hydrogen) atoms. The van der Waals surface area contributed by atoms with Crippen molar-refractivity contribution in [2.45, 2.75) is 13.1 Å². The van der Waals surface area contributed by atoms with Crippen LogP contribution < -0.4 is 0 Å². The number of rotatable bonds is 4. The first-order chi connectivity index (χ1) is 19.3. The van der Waals surface area contributed by atoms with Gasteiger partial charge >= 0.3 is 44.8 Å². The molecule has 2 aromatic carbocycles. The second kappa shape index (κ2) is 18.7. The van der Waals surface area contributed by atoms with Gasteiger partial charge in [0.25, 0.3) is 0 Å². The van der Waals surface area contributed by atoms with Crippen molar-refractivity contribution in [3.05, 3.63) is 139 Å². The average Bonchev–Trinajstić information content (AvgIpc) is 3.54. The third kappa shape index (κ3) is 11.9. The summed E-state index contributed by atoms with van der Waals surface area (Å²) < 4.78 is 3.72. The average molecular weight is 760 g/mol. The van der Waals surface area contributed by atoms with Gasteiger partial charge in [0, 0.05) is 12.4 Å². The quantitative estimate of drug-likeness (QED) is 0.144. The van der Waals surface area contributed by atoms with E-state index in [0.717, 1.165) is 33.5 Å². The fraction of sp³-hybridized carbons (Fsp3) is 0.0833. The van der Waals surface area contributed by atoms with Crippen LogP contribution in [-0.2, 0) is 57.9 Å². The van der Waals surface area contributed by atoms with Gasteiger partial charge in [0.15, 0.2) is 0 Å². The Morgan fingerprint density at radius 2 is 0.881 bits per heavy atom. The van der Waals surface area contributed by atoms with E-state index in [2.05, 4.69) is 30.6 Å². The van der Waals surface area contributed by atoms with Crippen molar-refractivity contribution in [2.75, 3.05) is 0 Å². The minimum Gasteiger partial charge on any atom is -0.356 e. The molecular weight excluding hydrogens is 740 g/mol. The van der Waals surface area contributed by atoms with E-state index in [9.17, 15) is 0 Å². The number of fused-ring (bicyclic) bond motifs is 2. The van der Waals surface area contributed by atoms with Gasteiger partial charge in [-0.2, -0.15) is 0 Å². The van der Waals surface area contributed by atoms with Gasteiger partial charge in [-0.05, 0) is 48.5 Å². The number of nitrogens with zero attached hydrogens (tertiary/aromatic N) is 10. The molecule has 18 heteroatoms. The summed E-state index contributed by atoms with van der Waals surface area (Å²) in [6, 6.07) is 27.6. The Bertz CT molecular complexity index is 1520. The number of para-hydroxylation sites is 2. The van der Waals surface area contributed by atoms with E-state index in [-0.39, 0.29) is 44.8 Å². The van der Waals surface area contributed by atoms with Crippen molar-refractivity contribution in [1.29, 1.82) is 0 Å². The van der Waals surface area contributed by atoms with Gasteiger partial charge in [-0.25, -0.2) is 9.36 Å². The summed E-state index contributed by atoms with van der Waals surface area (Å²) in [6.07, 6.45) is 3.57. The number of aromatic nitrogens is 8. The summed E-state index contributed by atoms with van der Waals surface area (Å²) >= 11 is 0. The third-order valence-corrected chi connectivity index (χ3v) is 4.92. The number of hydrogen-bond donors (Lipinski definition) is 0. The van der Waals surface area contributed by atoms with E-state index in [1.807, 2.05) is 94.3 Å². The van der Waals surface area contributed by atoms with Crippen molar-refractivity contribution in [2.24, 2.45) is 0 Å². The number of pyridine rings is 2. The zero-order chi connectivity index (χ0) is 28.7. The molecule has 0 aliphatic carbocycles. The summed E-state index contributed by atoms with van der Waals surface area (Å²) in [6.45, 7) is 1.31. The molecule has 0 N–H and O–H groups in total. The molecule has 0 unspecified atom stereocenters. The Balaban J connectivity index is 0.000000324. The molecule has 0 bridgehead atoms. The van der Waals surface area contributed by atoms with Gasteiger partial charge in [-0.1, -0.05) is 46.8 Å². The molecule has 0 saturated heterocycles. The minimum atomic E-state index is -1.75. The van der Waals surface area contributed by atoms with Gasteiger partial charge in [0.05, 0.1) is 45.7 Å². The molecule has 224 valence electrons. The van der Waals surface area contributed by atoms with Crippen molar-refractivity contribution in [1.82, 2.24) is 40.0 Å². The summed E-state index contributed by atoms with van der Waals surface area (Å²) in [5.41, 5.74) is 5.87. The van der Waals surface area contributed by atoms with Crippen LogP contribution in [0, 0.1) is 30.6 Å². The van der Waals surface area contributed by atoms with Crippen LogP contribution in [0.2, 0.25) is 0 Å². The summed E-state index contributed by atoms with van der Waals surface area (Å²) in [5.74, 6) is 0. The molecule has 0 radical (unpaired) electrons. The Hall–Kier alpha value is -4.58. The van der Waals surface area contributed by atoms with Crippen LogP contribution >= 0.6 is 0 Å². The van der Waals surface area contributed by atoms with Crippen LogP contribution in [0.5, 0.6) is 0 Å². The summed E-state index contributed by atoms with van der Waals surface area (Å²) in [7, 11) is 0. The normalized spacial score (nSPS) is 9.33. The zero-order valence-corrected chi connectivity index (χ0v) is 24.1. The largest absolute Gasteiger partial charge is 1.00 e. The minimum absolute atomic E-state index is 0. The topological polar surface area (TPSA) is 220 Å². The van der Waals surface area contributed by atoms with Crippen molar-refractivity contribution >= 4 is 22.1 Å². The van der Waals surface area contributed by atoms with Crippen LogP contribution in [0.25, 0.3) is 22.1 Å². The first-order valence-corrected chi connectivity index (χ1v) is 11.3. The smallest absolute Gasteiger partial charge is 0.356 e. The van der Waals surface area contributed by atoms with Crippen molar-refractivity contribution < 1.29 is 54.9 Å². The van der Waals surface area contributed by atoms with Crippen LogP contribution in [0.1, 0.15) is 11.4 Å². The molecule has 4 aromatic heterocycles. The summed E-state index contributed by atoms with van der Waals surface area (Å²) in [4.78, 5) is 25.0. The Morgan fingerprint density at radius 1 is 0.548 bits per heavy atom. The van der Waals surface area contributed by atoms with Crippen molar-refractivity contribution in [3.63, 3.8) is 0 Å². The van der Waals surface area contributed by atoms with E-state index in [1.165, 1.54) is 0 Å². The maximum absolute atomic E-state index is 8.25. The Labute approximate surface area is 268 Å².